The number of hydrogen-bond donors (Lipinski definition) is 2. The van der Waals surface area contributed by atoms with Gasteiger partial charge in [-0.15, -0.1) is 0 Å². The van der Waals surface area contributed by atoms with Crippen LogP contribution >= 0.6 is 0 Å². The van der Waals surface area contributed by atoms with E-state index >= 15 is 0 Å². The molecule has 2 amide bonds. The topological polar surface area (TPSA) is 76.4 Å². The van der Waals surface area contributed by atoms with Gasteiger partial charge in [0, 0.05) is 11.3 Å². The molecule has 3 unspecified atom stereocenters. The molecule has 1 heterocycles. The van der Waals surface area contributed by atoms with Crippen LogP contribution in [0, 0.1) is 11.3 Å². The third-order valence-corrected chi connectivity index (χ3v) is 5.51. The molecule has 5 nitrogen and oxygen atoms in total. The zero-order chi connectivity index (χ0) is 20.8. The number of urea groups is 1. The number of benzene rings is 1. The number of amides is 2. The first-order valence-electron chi connectivity index (χ1n) is 9.26. The van der Waals surface area contributed by atoms with Gasteiger partial charge in [0.2, 0.25) is 0 Å². The van der Waals surface area contributed by atoms with E-state index < -0.39 is 36.0 Å². The Hall–Kier alpha value is -3.05. The van der Waals surface area contributed by atoms with Gasteiger partial charge in [-0.3, -0.25) is 4.90 Å². The van der Waals surface area contributed by atoms with Crippen molar-refractivity contribution in [1.82, 2.24) is 10.2 Å². The van der Waals surface area contributed by atoms with Gasteiger partial charge in [-0.2, -0.15) is 18.4 Å². The molecule has 0 saturated heterocycles. The minimum Gasteiger partial charge on any atom is -0.389 e. The number of allylic oxidation sites excluding steroid dienone is 3. The number of aliphatic hydroxyl groups is 1. The largest absolute Gasteiger partial charge is 0.416 e. The standard InChI is InChI=1S/C21H18F3N3O2/c22-21(23,24)14-2-1-3-15(10-14)27-16-8-9-17(28)18(16)19(26-20(27)29)13-6-4-12(11-25)5-7-13/h1-2,4-7,10,15,17,19,28H,3,8-9H2,(H,26,29). The molecule has 4 rings (SSSR count). The van der Waals surface area contributed by atoms with E-state index in [0.29, 0.717) is 35.2 Å². The summed E-state index contributed by atoms with van der Waals surface area (Å²) in [6.07, 6.45) is -0.695. The van der Waals surface area contributed by atoms with Gasteiger partial charge in [0.25, 0.3) is 0 Å². The molecule has 1 aromatic rings. The van der Waals surface area contributed by atoms with Crippen LogP contribution in [0.5, 0.6) is 0 Å². The molecule has 3 atom stereocenters. The first-order chi connectivity index (χ1) is 13.8. The summed E-state index contributed by atoms with van der Waals surface area (Å²) in [5, 5.41) is 22.3. The van der Waals surface area contributed by atoms with Crippen molar-refractivity contribution in [3.05, 3.63) is 70.5 Å². The van der Waals surface area contributed by atoms with Crippen molar-refractivity contribution in [3.8, 4) is 6.07 Å². The maximum Gasteiger partial charge on any atom is 0.416 e. The predicted octanol–water partition coefficient (Wildman–Crippen LogP) is 3.85. The first-order valence-corrected chi connectivity index (χ1v) is 9.26. The molecule has 2 N–H and O–H groups in total. The van der Waals surface area contributed by atoms with Crippen LogP contribution in [0.3, 0.4) is 0 Å². The van der Waals surface area contributed by atoms with Crippen molar-refractivity contribution in [2.24, 2.45) is 0 Å². The van der Waals surface area contributed by atoms with Crippen LogP contribution < -0.4 is 5.32 Å². The lowest BCUT2D eigenvalue weighted by atomic mass is 9.92. The third kappa shape index (κ3) is 3.42. The zero-order valence-electron chi connectivity index (χ0n) is 15.3. The summed E-state index contributed by atoms with van der Waals surface area (Å²) in [6.45, 7) is 0. The number of rotatable bonds is 2. The first kappa shape index (κ1) is 19.3. The van der Waals surface area contributed by atoms with Crippen molar-refractivity contribution >= 4 is 6.03 Å². The summed E-state index contributed by atoms with van der Waals surface area (Å²) in [5.74, 6) is 0. The molecule has 0 bridgehead atoms. The van der Waals surface area contributed by atoms with Crippen molar-refractivity contribution < 1.29 is 23.1 Å². The van der Waals surface area contributed by atoms with Gasteiger partial charge in [0.05, 0.1) is 35.4 Å². The van der Waals surface area contributed by atoms with E-state index in [0.717, 1.165) is 12.2 Å². The Balaban J connectivity index is 1.73. The molecule has 2 aliphatic carbocycles. The second-order valence-electron chi connectivity index (χ2n) is 7.27. The third-order valence-electron chi connectivity index (χ3n) is 5.51. The molecule has 8 heteroatoms. The van der Waals surface area contributed by atoms with Gasteiger partial charge < -0.3 is 10.4 Å². The number of hydrogen-bond acceptors (Lipinski definition) is 3. The lowest BCUT2D eigenvalue weighted by Crippen LogP contribution is -2.51. The van der Waals surface area contributed by atoms with E-state index in [9.17, 15) is 23.1 Å². The highest BCUT2D eigenvalue weighted by molar-refractivity contribution is 5.80. The van der Waals surface area contributed by atoms with Crippen LogP contribution in [-0.2, 0) is 0 Å². The number of nitrogens with zero attached hydrogens (tertiary/aromatic N) is 2. The highest BCUT2D eigenvalue weighted by Gasteiger charge is 2.43. The molecule has 150 valence electrons. The van der Waals surface area contributed by atoms with E-state index in [1.165, 1.54) is 11.0 Å². The van der Waals surface area contributed by atoms with Crippen LogP contribution in [-0.4, -0.2) is 34.4 Å². The van der Waals surface area contributed by atoms with E-state index in [4.69, 9.17) is 5.26 Å². The normalized spacial score (nSPS) is 26.7. The molecule has 0 aromatic heterocycles. The van der Waals surface area contributed by atoms with Crippen LogP contribution in [0.25, 0.3) is 0 Å². The van der Waals surface area contributed by atoms with E-state index in [1.807, 2.05) is 6.07 Å². The Morgan fingerprint density at radius 2 is 1.97 bits per heavy atom. The summed E-state index contributed by atoms with van der Waals surface area (Å²) >= 11 is 0. The van der Waals surface area contributed by atoms with Gasteiger partial charge in [-0.1, -0.05) is 24.3 Å². The molecule has 29 heavy (non-hydrogen) atoms. The smallest absolute Gasteiger partial charge is 0.389 e. The second-order valence-corrected chi connectivity index (χ2v) is 7.27. The molecule has 1 aliphatic heterocycles. The summed E-state index contributed by atoms with van der Waals surface area (Å²) in [5.41, 5.74) is 1.58. The van der Waals surface area contributed by atoms with Gasteiger partial charge in [0.15, 0.2) is 0 Å². The number of carbonyl (C=O) groups is 1. The molecular formula is C21H18F3N3O2. The summed E-state index contributed by atoms with van der Waals surface area (Å²) < 4.78 is 39.4. The number of halogens is 3. The van der Waals surface area contributed by atoms with Crippen LogP contribution in [0.15, 0.2) is 59.3 Å². The lowest BCUT2D eigenvalue weighted by Gasteiger charge is -2.40. The number of aliphatic hydroxyl groups excluding tert-OH is 1. The van der Waals surface area contributed by atoms with Gasteiger partial charge in [0.1, 0.15) is 0 Å². The monoisotopic (exact) mass is 401 g/mol. The van der Waals surface area contributed by atoms with E-state index in [2.05, 4.69) is 5.32 Å². The number of carbonyl (C=O) groups excluding carboxylic acids is 1. The maximum atomic E-state index is 13.1. The maximum absolute atomic E-state index is 13.1. The summed E-state index contributed by atoms with van der Waals surface area (Å²) in [4.78, 5) is 14.3. The fourth-order valence-electron chi connectivity index (χ4n) is 4.18. The molecular weight excluding hydrogens is 383 g/mol. The van der Waals surface area contributed by atoms with Gasteiger partial charge in [-0.05, 0) is 43.0 Å². The van der Waals surface area contributed by atoms with E-state index in [-0.39, 0.29) is 6.42 Å². The molecule has 0 saturated carbocycles. The zero-order valence-corrected chi connectivity index (χ0v) is 15.3. The van der Waals surface area contributed by atoms with Crippen molar-refractivity contribution in [1.29, 1.82) is 5.26 Å². The Labute approximate surface area is 165 Å². The average Bonchev–Trinajstić information content (AvgIpc) is 3.08. The number of nitriles is 1. The fraction of sp³-hybridized carbons (Fsp3) is 0.333. The fourth-order valence-corrected chi connectivity index (χ4v) is 4.18. The predicted molar refractivity (Wildman–Crippen MR) is 98.2 cm³/mol. The van der Waals surface area contributed by atoms with Crippen molar-refractivity contribution in [2.75, 3.05) is 0 Å². The summed E-state index contributed by atoms with van der Waals surface area (Å²) in [7, 11) is 0. The molecule has 0 spiro atoms. The molecule has 0 radical (unpaired) electrons. The van der Waals surface area contributed by atoms with Crippen molar-refractivity contribution in [3.63, 3.8) is 0 Å². The number of alkyl halides is 3. The number of nitrogens with one attached hydrogen (secondary N) is 1. The van der Waals surface area contributed by atoms with Gasteiger partial charge >= 0.3 is 12.2 Å². The van der Waals surface area contributed by atoms with Crippen LogP contribution in [0.1, 0.15) is 36.4 Å². The highest BCUT2D eigenvalue weighted by Crippen LogP contribution is 2.43. The summed E-state index contributed by atoms with van der Waals surface area (Å²) in [6, 6.07) is 6.85. The average molecular weight is 401 g/mol. The molecule has 1 aromatic carbocycles. The highest BCUT2D eigenvalue weighted by atomic mass is 19.4. The van der Waals surface area contributed by atoms with Crippen LogP contribution in [0.2, 0.25) is 0 Å². The SMILES string of the molecule is N#Cc1ccc(C2NC(=O)N(C3C=C(C(F)(F)F)C=CC3)C3=C2C(O)CC3)cc1. The quantitative estimate of drug-likeness (QED) is 0.790. The molecule has 0 fully saturated rings. The Morgan fingerprint density at radius 1 is 1.24 bits per heavy atom. The lowest BCUT2D eigenvalue weighted by molar-refractivity contribution is -0.0889. The Kier molecular flexibility index (Phi) is 4.71. The minimum atomic E-state index is -4.49. The van der Waals surface area contributed by atoms with Crippen LogP contribution in [0.4, 0.5) is 18.0 Å². The van der Waals surface area contributed by atoms with Crippen molar-refractivity contribution in [2.45, 2.75) is 43.6 Å². The molecule has 3 aliphatic rings. The minimum absolute atomic E-state index is 0.265. The Bertz CT molecular complexity index is 970. The second kappa shape index (κ2) is 7.08. The Morgan fingerprint density at radius 3 is 2.62 bits per heavy atom. The van der Waals surface area contributed by atoms with Gasteiger partial charge in [-0.25, -0.2) is 4.79 Å². The van der Waals surface area contributed by atoms with E-state index in [1.54, 1.807) is 24.3 Å².